The van der Waals surface area contributed by atoms with E-state index >= 15 is 0 Å². The molecule has 1 aliphatic heterocycles. The van der Waals surface area contributed by atoms with Crippen LogP contribution in [0.1, 0.15) is 29.5 Å². The van der Waals surface area contributed by atoms with Crippen molar-refractivity contribution < 1.29 is 14.2 Å². The first kappa shape index (κ1) is 16.6. The van der Waals surface area contributed by atoms with Crippen LogP contribution in [0.2, 0.25) is 0 Å². The molecule has 3 aromatic rings. The van der Waals surface area contributed by atoms with Crippen molar-refractivity contribution in [2.45, 2.75) is 23.9 Å². The molecule has 0 radical (unpaired) electrons. The summed E-state index contributed by atoms with van der Waals surface area (Å²) in [5.74, 6) is -0.230. The second kappa shape index (κ2) is 5.98. The fourth-order valence-corrected chi connectivity index (χ4v) is 3.96. The lowest BCUT2D eigenvalue weighted by molar-refractivity contribution is -0.0380. The van der Waals surface area contributed by atoms with Gasteiger partial charge in [-0.2, -0.15) is 0 Å². The summed E-state index contributed by atoms with van der Waals surface area (Å²) < 4.78 is 18.8. The molecule has 2 fully saturated rings. The van der Waals surface area contributed by atoms with Gasteiger partial charge in [0, 0.05) is 18.0 Å². The highest BCUT2D eigenvalue weighted by molar-refractivity contribution is 5.69. The Morgan fingerprint density at radius 2 is 1.52 bits per heavy atom. The van der Waals surface area contributed by atoms with Gasteiger partial charge in [0.15, 0.2) is 0 Å². The molecule has 136 valence electrons. The third-order valence-corrected chi connectivity index (χ3v) is 5.89. The minimum absolute atomic E-state index is 0.224. The van der Waals surface area contributed by atoms with E-state index in [0.717, 1.165) is 40.7 Å². The van der Waals surface area contributed by atoms with Gasteiger partial charge < -0.3 is 9.84 Å². The molecule has 5 rings (SSSR count). The zero-order valence-corrected chi connectivity index (χ0v) is 14.9. The van der Waals surface area contributed by atoms with E-state index in [1.807, 2.05) is 24.4 Å². The molecule has 1 saturated heterocycles. The summed E-state index contributed by atoms with van der Waals surface area (Å²) in [4.78, 5) is 4.25. The van der Waals surface area contributed by atoms with Crippen LogP contribution in [0.5, 0.6) is 0 Å². The van der Waals surface area contributed by atoms with Gasteiger partial charge in [-0.25, -0.2) is 4.39 Å². The van der Waals surface area contributed by atoms with E-state index < -0.39 is 5.60 Å². The largest absolute Gasteiger partial charge is 0.385 e. The van der Waals surface area contributed by atoms with E-state index in [1.54, 1.807) is 6.20 Å². The van der Waals surface area contributed by atoms with Crippen molar-refractivity contribution in [3.8, 4) is 11.1 Å². The Morgan fingerprint density at radius 3 is 2.07 bits per heavy atom. The molecule has 4 heteroatoms. The van der Waals surface area contributed by atoms with Crippen LogP contribution in [0.25, 0.3) is 11.1 Å². The van der Waals surface area contributed by atoms with Gasteiger partial charge in [-0.15, -0.1) is 0 Å². The summed E-state index contributed by atoms with van der Waals surface area (Å²) in [6, 6.07) is 17.0. The minimum Gasteiger partial charge on any atom is -0.385 e. The van der Waals surface area contributed by atoms with E-state index in [0.29, 0.717) is 13.2 Å². The zero-order chi connectivity index (χ0) is 18.5. The first-order valence-corrected chi connectivity index (χ1v) is 9.22. The normalized spacial score (nSPS) is 19.3. The number of benzene rings is 2. The van der Waals surface area contributed by atoms with Crippen LogP contribution >= 0.6 is 0 Å². The van der Waals surface area contributed by atoms with Crippen LogP contribution in [0.4, 0.5) is 4.39 Å². The number of hydrogen-bond donors (Lipinski definition) is 1. The van der Waals surface area contributed by atoms with Crippen molar-refractivity contribution in [1.29, 1.82) is 0 Å². The summed E-state index contributed by atoms with van der Waals surface area (Å²) >= 11 is 0. The van der Waals surface area contributed by atoms with Gasteiger partial charge in [-0.05, 0) is 53.3 Å². The maximum absolute atomic E-state index is 13.3. The van der Waals surface area contributed by atoms with Gasteiger partial charge in [0.05, 0.1) is 24.2 Å². The second-order valence-electron chi connectivity index (χ2n) is 7.61. The van der Waals surface area contributed by atoms with E-state index in [1.165, 1.54) is 12.1 Å². The monoisotopic (exact) mass is 361 g/mol. The van der Waals surface area contributed by atoms with E-state index in [2.05, 4.69) is 29.2 Å². The first-order chi connectivity index (χ1) is 13.1. The quantitative estimate of drug-likeness (QED) is 0.758. The second-order valence-corrected chi connectivity index (χ2v) is 7.61. The Balaban J connectivity index is 1.52. The summed E-state index contributed by atoms with van der Waals surface area (Å²) in [5.41, 5.74) is 4.26. The molecule has 2 aromatic carbocycles. The molecule has 0 bridgehead atoms. The Kier molecular flexibility index (Phi) is 3.67. The molecule has 2 heterocycles. The molecule has 0 amide bonds. The predicted molar refractivity (Wildman–Crippen MR) is 101 cm³/mol. The smallest absolute Gasteiger partial charge is 0.123 e. The number of aromatic nitrogens is 1. The molecule has 2 aliphatic rings. The van der Waals surface area contributed by atoms with Gasteiger partial charge in [0.1, 0.15) is 5.82 Å². The standard InChI is InChI=1S/C23H20FNO2/c24-19-7-5-18(6-8-19)22(14-27-15-22)17-3-1-16(2-4-17)20-13-25-12-9-21(20)23(26)10-11-23/h1-9,12-13,26H,10-11,14-15H2. The topological polar surface area (TPSA) is 42.4 Å². The van der Waals surface area contributed by atoms with Crippen molar-refractivity contribution >= 4 is 0 Å². The van der Waals surface area contributed by atoms with Gasteiger partial charge >= 0.3 is 0 Å². The summed E-state index contributed by atoms with van der Waals surface area (Å²) in [5, 5.41) is 10.6. The molecule has 1 saturated carbocycles. The molecule has 1 aromatic heterocycles. The molecular weight excluding hydrogens is 341 g/mol. The van der Waals surface area contributed by atoms with Crippen molar-refractivity contribution in [3.05, 3.63) is 89.5 Å². The fraction of sp³-hybridized carbons (Fsp3) is 0.261. The maximum atomic E-state index is 13.3. The Bertz CT molecular complexity index is 974. The SMILES string of the molecule is OC1(c2ccncc2-c2ccc(C3(c4ccc(F)cc4)COC3)cc2)CC1. The molecule has 0 unspecified atom stereocenters. The molecule has 1 N–H and O–H groups in total. The highest BCUT2D eigenvalue weighted by Gasteiger charge is 2.44. The van der Waals surface area contributed by atoms with Crippen LogP contribution < -0.4 is 0 Å². The van der Waals surface area contributed by atoms with Crippen molar-refractivity contribution in [1.82, 2.24) is 4.98 Å². The average molecular weight is 361 g/mol. The van der Waals surface area contributed by atoms with Crippen molar-refractivity contribution in [2.75, 3.05) is 13.2 Å². The molecule has 1 aliphatic carbocycles. The number of ether oxygens (including phenoxy) is 1. The number of nitrogens with zero attached hydrogens (tertiary/aromatic N) is 1. The van der Waals surface area contributed by atoms with E-state index in [-0.39, 0.29) is 11.2 Å². The lowest BCUT2D eigenvalue weighted by atomic mass is 9.72. The summed E-state index contributed by atoms with van der Waals surface area (Å²) in [7, 11) is 0. The summed E-state index contributed by atoms with van der Waals surface area (Å²) in [6.07, 6.45) is 5.15. The third-order valence-electron chi connectivity index (χ3n) is 5.89. The van der Waals surface area contributed by atoms with Crippen LogP contribution in [0.15, 0.2) is 67.0 Å². The number of aliphatic hydroxyl groups is 1. The van der Waals surface area contributed by atoms with Crippen LogP contribution in [-0.2, 0) is 15.8 Å². The lowest BCUT2D eigenvalue weighted by Gasteiger charge is -2.42. The molecule has 27 heavy (non-hydrogen) atoms. The van der Waals surface area contributed by atoms with Crippen molar-refractivity contribution in [2.24, 2.45) is 0 Å². The van der Waals surface area contributed by atoms with Crippen molar-refractivity contribution in [3.63, 3.8) is 0 Å². The van der Waals surface area contributed by atoms with Gasteiger partial charge in [0.2, 0.25) is 0 Å². The average Bonchev–Trinajstić information content (AvgIpc) is 3.42. The van der Waals surface area contributed by atoms with Crippen LogP contribution in [0.3, 0.4) is 0 Å². The Morgan fingerprint density at radius 1 is 0.889 bits per heavy atom. The van der Waals surface area contributed by atoms with Gasteiger partial charge in [-0.3, -0.25) is 4.98 Å². The predicted octanol–water partition coefficient (Wildman–Crippen LogP) is 4.19. The highest BCUT2D eigenvalue weighted by Crippen LogP contribution is 2.48. The number of hydrogen-bond acceptors (Lipinski definition) is 3. The maximum Gasteiger partial charge on any atom is 0.123 e. The van der Waals surface area contributed by atoms with Crippen LogP contribution in [0, 0.1) is 5.82 Å². The minimum atomic E-state index is -0.700. The van der Waals surface area contributed by atoms with Crippen LogP contribution in [-0.4, -0.2) is 23.3 Å². The zero-order valence-electron chi connectivity index (χ0n) is 14.9. The summed E-state index contributed by atoms with van der Waals surface area (Å²) in [6.45, 7) is 1.19. The number of halogens is 1. The lowest BCUT2D eigenvalue weighted by Crippen LogP contribution is -2.47. The van der Waals surface area contributed by atoms with Gasteiger partial charge in [-0.1, -0.05) is 36.4 Å². The number of pyridine rings is 1. The van der Waals surface area contributed by atoms with E-state index in [9.17, 15) is 9.50 Å². The fourth-order valence-electron chi connectivity index (χ4n) is 3.96. The van der Waals surface area contributed by atoms with Gasteiger partial charge in [0.25, 0.3) is 0 Å². The molecule has 0 atom stereocenters. The molecule has 3 nitrogen and oxygen atoms in total. The van der Waals surface area contributed by atoms with E-state index in [4.69, 9.17) is 4.74 Å². The first-order valence-electron chi connectivity index (χ1n) is 9.22. The molecular formula is C23H20FNO2. The number of rotatable bonds is 4. The Labute approximate surface area is 157 Å². The third kappa shape index (κ3) is 2.68. The Hall–Kier alpha value is -2.56. The molecule has 0 spiro atoms. The highest BCUT2D eigenvalue weighted by atomic mass is 19.1.